The van der Waals surface area contributed by atoms with Gasteiger partial charge in [0.25, 0.3) is 5.91 Å². The largest absolute Gasteiger partial charge is 0.494 e. The summed E-state index contributed by atoms with van der Waals surface area (Å²) in [6.45, 7) is 2.66. The molecule has 0 unspecified atom stereocenters. The van der Waals surface area contributed by atoms with Crippen LogP contribution in [-0.2, 0) is 12.7 Å². The molecule has 0 radical (unpaired) electrons. The molecule has 4 nitrogen and oxygen atoms in total. The van der Waals surface area contributed by atoms with Crippen molar-refractivity contribution in [2.45, 2.75) is 19.6 Å². The molecule has 8 heteroatoms. The fourth-order valence-corrected chi connectivity index (χ4v) is 4.21. The van der Waals surface area contributed by atoms with Gasteiger partial charge in [-0.2, -0.15) is 13.2 Å². The van der Waals surface area contributed by atoms with Crippen molar-refractivity contribution in [3.63, 3.8) is 0 Å². The summed E-state index contributed by atoms with van der Waals surface area (Å²) in [6, 6.07) is 19.1. The summed E-state index contributed by atoms with van der Waals surface area (Å²) >= 11 is 1.33. The van der Waals surface area contributed by atoms with Gasteiger partial charge in [-0.25, -0.2) is 4.98 Å². The minimum absolute atomic E-state index is 0.156. The van der Waals surface area contributed by atoms with E-state index in [2.05, 4.69) is 4.98 Å². The van der Waals surface area contributed by atoms with Crippen LogP contribution in [0.15, 0.2) is 72.8 Å². The van der Waals surface area contributed by atoms with Crippen LogP contribution in [0.4, 0.5) is 18.3 Å². The normalized spacial score (nSPS) is 11.5. The number of benzene rings is 3. The average molecular weight is 456 g/mol. The standard InChI is InChI=1S/C24H19F3N2O2S/c1-2-31-19-12-13-20-21(14-19)32-23(28-20)29(15-16-6-4-3-5-7-16)22(30)17-8-10-18(11-9-17)24(25,26)27/h3-14H,2,15H2,1H3. The number of amides is 1. The van der Waals surface area contributed by atoms with Gasteiger partial charge in [-0.15, -0.1) is 0 Å². The molecule has 0 atom stereocenters. The summed E-state index contributed by atoms with van der Waals surface area (Å²) in [5.41, 5.74) is 0.948. The van der Waals surface area contributed by atoms with Crippen LogP contribution in [0.25, 0.3) is 10.2 Å². The van der Waals surface area contributed by atoms with Crippen LogP contribution in [0.2, 0.25) is 0 Å². The summed E-state index contributed by atoms with van der Waals surface area (Å²) in [5.74, 6) is 0.283. The fraction of sp³-hybridized carbons (Fsp3) is 0.167. The van der Waals surface area contributed by atoms with Crippen LogP contribution in [0.5, 0.6) is 5.75 Å². The lowest BCUT2D eigenvalue weighted by atomic mass is 10.1. The van der Waals surface area contributed by atoms with Crippen molar-refractivity contribution < 1.29 is 22.7 Å². The number of thiazole rings is 1. The van der Waals surface area contributed by atoms with Crippen molar-refractivity contribution in [1.29, 1.82) is 0 Å². The molecule has 32 heavy (non-hydrogen) atoms. The third kappa shape index (κ3) is 4.75. The number of ether oxygens (including phenoxy) is 1. The van der Waals surface area contributed by atoms with E-state index in [-0.39, 0.29) is 12.1 Å². The Morgan fingerprint density at radius 3 is 2.41 bits per heavy atom. The Hall–Kier alpha value is -3.39. The average Bonchev–Trinajstić information content (AvgIpc) is 3.20. The zero-order valence-corrected chi connectivity index (χ0v) is 17.9. The second-order valence-corrected chi connectivity index (χ2v) is 8.02. The van der Waals surface area contributed by atoms with Crippen LogP contribution < -0.4 is 9.64 Å². The number of carbonyl (C=O) groups is 1. The van der Waals surface area contributed by atoms with Gasteiger partial charge in [0, 0.05) is 5.56 Å². The van der Waals surface area contributed by atoms with E-state index in [0.29, 0.717) is 23.0 Å². The molecule has 0 bridgehead atoms. The summed E-state index contributed by atoms with van der Waals surface area (Å²) in [7, 11) is 0. The summed E-state index contributed by atoms with van der Waals surface area (Å²) in [4.78, 5) is 19.4. The van der Waals surface area contributed by atoms with E-state index in [0.717, 1.165) is 22.4 Å². The maximum atomic E-state index is 13.3. The molecular formula is C24H19F3N2O2S. The molecule has 0 aliphatic heterocycles. The Morgan fingerprint density at radius 1 is 1.03 bits per heavy atom. The Kier molecular flexibility index (Phi) is 6.14. The third-order valence-corrected chi connectivity index (χ3v) is 5.82. The molecule has 0 saturated heterocycles. The molecule has 0 spiro atoms. The highest BCUT2D eigenvalue weighted by atomic mass is 32.1. The van der Waals surface area contributed by atoms with Crippen molar-refractivity contribution in [2.24, 2.45) is 0 Å². The van der Waals surface area contributed by atoms with E-state index in [9.17, 15) is 18.0 Å². The first-order valence-electron chi connectivity index (χ1n) is 9.91. The second kappa shape index (κ2) is 9.00. The fourth-order valence-electron chi connectivity index (χ4n) is 3.21. The Labute approximate surface area is 186 Å². The number of hydrogen-bond acceptors (Lipinski definition) is 4. The van der Waals surface area contributed by atoms with Gasteiger partial charge in [0.1, 0.15) is 5.75 Å². The van der Waals surface area contributed by atoms with Crippen LogP contribution in [0.1, 0.15) is 28.4 Å². The van der Waals surface area contributed by atoms with Crippen molar-refractivity contribution >= 4 is 32.6 Å². The van der Waals surface area contributed by atoms with Crippen molar-refractivity contribution in [3.05, 3.63) is 89.5 Å². The number of rotatable bonds is 6. The predicted octanol–water partition coefficient (Wildman–Crippen LogP) is 6.56. The zero-order valence-electron chi connectivity index (χ0n) is 17.1. The Morgan fingerprint density at radius 2 is 1.75 bits per heavy atom. The van der Waals surface area contributed by atoms with Gasteiger partial charge >= 0.3 is 6.18 Å². The van der Waals surface area contributed by atoms with Crippen molar-refractivity contribution in [1.82, 2.24) is 4.98 Å². The topological polar surface area (TPSA) is 42.4 Å². The van der Waals surface area contributed by atoms with E-state index in [4.69, 9.17) is 4.74 Å². The van der Waals surface area contributed by atoms with Gasteiger partial charge < -0.3 is 4.74 Å². The monoisotopic (exact) mass is 456 g/mol. The molecule has 0 saturated carbocycles. The number of anilines is 1. The minimum atomic E-state index is -4.46. The molecule has 0 fully saturated rings. The van der Waals surface area contributed by atoms with E-state index >= 15 is 0 Å². The highest BCUT2D eigenvalue weighted by molar-refractivity contribution is 7.22. The first-order valence-corrected chi connectivity index (χ1v) is 10.7. The maximum absolute atomic E-state index is 13.3. The molecule has 0 aliphatic carbocycles. The molecule has 0 aliphatic rings. The first kappa shape index (κ1) is 21.8. The number of hydrogen-bond donors (Lipinski definition) is 0. The molecule has 1 heterocycles. The number of fused-ring (bicyclic) bond motifs is 1. The minimum Gasteiger partial charge on any atom is -0.494 e. The predicted molar refractivity (Wildman–Crippen MR) is 119 cm³/mol. The molecule has 1 amide bonds. The van der Waals surface area contributed by atoms with E-state index in [1.165, 1.54) is 28.4 Å². The van der Waals surface area contributed by atoms with Crippen LogP contribution in [-0.4, -0.2) is 17.5 Å². The van der Waals surface area contributed by atoms with E-state index < -0.39 is 17.6 Å². The van der Waals surface area contributed by atoms with Crippen molar-refractivity contribution in [2.75, 3.05) is 11.5 Å². The molecule has 4 rings (SSSR count). The SMILES string of the molecule is CCOc1ccc2nc(N(Cc3ccccc3)C(=O)c3ccc(C(F)(F)F)cc3)sc2c1. The Balaban J connectivity index is 1.71. The molecule has 0 N–H and O–H groups in total. The lowest BCUT2D eigenvalue weighted by Crippen LogP contribution is -2.30. The van der Waals surface area contributed by atoms with Gasteiger partial charge in [0.2, 0.25) is 0 Å². The summed E-state index contributed by atoms with van der Waals surface area (Å²) in [6.07, 6.45) is -4.46. The van der Waals surface area contributed by atoms with Gasteiger partial charge in [0.05, 0.1) is 28.9 Å². The zero-order chi connectivity index (χ0) is 22.7. The van der Waals surface area contributed by atoms with E-state index in [1.54, 1.807) is 0 Å². The maximum Gasteiger partial charge on any atom is 0.416 e. The van der Waals surface area contributed by atoms with Crippen LogP contribution in [0, 0.1) is 0 Å². The number of nitrogens with zero attached hydrogens (tertiary/aromatic N) is 2. The molecule has 164 valence electrons. The lowest BCUT2D eigenvalue weighted by molar-refractivity contribution is -0.137. The molecule has 4 aromatic rings. The number of aromatic nitrogens is 1. The number of alkyl halides is 3. The third-order valence-electron chi connectivity index (χ3n) is 4.78. The smallest absolute Gasteiger partial charge is 0.416 e. The quantitative estimate of drug-likeness (QED) is 0.330. The molecule has 3 aromatic carbocycles. The van der Waals surface area contributed by atoms with Gasteiger partial charge in [-0.3, -0.25) is 9.69 Å². The highest BCUT2D eigenvalue weighted by Crippen LogP contribution is 2.34. The van der Waals surface area contributed by atoms with Crippen molar-refractivity contribution in [3.8, 4) is 5.75 Å². The number of halogens is 3. The lowest BCUT2D eigenvalue weighted by Gasteiger charge is -2.20. The molecular weight excluding hydrogens is 437 g/mol. The van der Waals surface area contributed by atoms with Crippen LogP contribution in [0.3, 0.4) is 0 Å². The Bertz CT molecular complexity index is 1220. The first-order chi connectivity index (χ1) is 15.3. The van der Waals surface area contributed by atoms with Crippen LogP contribution >= 0.6 is 11.3 Å². The van der Waals surface area contributed by atoms with Gasteiger partial charge in [0.15, 0.2) is 5.13 Å². The highest BCUT2D eigenvalue weighted by Gasteiger charge is 2.31. The van der Waals surface area contributed by atoms with E-state index in [1.807, 2.05) is 55.5 Å². The molecule has 1 aromatic heterocycles. The van der Waals surface area contributed by atoms with Gasteiger partial charge in [-0.05, 0) is 55.0 Å². The number of carbonyl (C=O) groups excluding carboxylic acids is 1. The van der Waals surface area contributed by atoms with Gasteiger partial charge in [-0.1, -0.05) is 41.7 Å². The summed E-state index contributed by atoms with van der Waals surface area (Å²) < 4.78 is 45.2. The summed E-state index contributed by atoms with van der Waals surface area (Å²) in [5, 5.41) is 0.461. The second-order valence-electron chi connectivity index (χ2n) is 7.01.